The summed E-state index contributed by atoms with van der Waals surface area (Å²) in [5, 5.41) is 8.01. The Labute approximate surface area is 124 Å². The van der Waals surface area contributed by atoms with Crippen molar-refractivity contribution in [1.82, 2.24) is 0 Å². The van der Waals surface area contributed by atoms with Crippen LogP contribution < -0.4 is 11.5 Å². The van der Waals surface area contributed by atoms with Gasteiger partial charge in [0.2, 0.25) is 0 Å². The highest BCUT2D eigenvalue weighted by atomic mass is 19.1. The minimum atomic E-state index is -0.827. The van der Waals surface area contributed by atoms with Gasteiger partial charge in [-0.15, -0.1) is 0 Å². The van der Waals surface area contributed by atoms with Crippen LogP contribution in [0.15, 0.2) is 18.2 Å². The maximum atomic E-state index is 13.8. The highest BCUT2D eigenvalue weighted by Crippen LogP contribution is 2.24. The van der Waals surface area contributed by atoms with Gasteiger partial charge < -0.3 is 21.6 Å². The van der Waals surface area contributed by atoms with Crippen molar-refractivity contribution in [2.24, 2.45) is 11.7 Å². The summed E-state index contributed by atoms with van der Waals surface area (Å²) in [4.78, 5) is 10.8. The topological polar surface area (TPSA) is 102 Å². The van der Waals surface area contributed by atoms with Gasteiger partial charge in [-0.1, -0.05) is 6.92 Å². The van der Waals surface area contributed by atoms with Crippen molar-refractivity contribution < 1.29 is 13.9 Å². The molecule has 0 aliphatic carbocycles. The summed E-state index contributed by atoms with van der Waals surface area (Å²) >= 11 is 0. The first-order chi connectivity index (χ1) is 9.60. The molecule has 0 aliphatic heterocycles. The SMILES string of the molecule is C[C@H](CC(=N)c1ccc(N)cc1F)CC(C)(C)OC(N)=O. The van der Waals surface area contributed by atoms with E-state index < -0.39 is 17.5 Å². The van der Waals surface area contributed by atoms with Gasteiger partial charge in [-0.05, 0) is 50.8 Å². The second-order valence-electron chi connectivity index (χ2n) is 5.91. The van der Waals surface area contributed by atoms with Crippen LogP contribution in [0.3, 0.4) is 0 Å². The fourth-order valence-corrected chi connectivity index (χ4v) is 2.46. The molecule has 0 radical (unpaired) electrons. The molecule has 6 heteroatoms. The van der Waals surface area contributed by atoms with Gasteiger partial charge in [0.1, 0.15) is 11.4 Å². The summed E-state index contributed by atoms with van der Waals surface area (Å²) in [6.45, 7) is 5.42. The Morgan fingerprint density at radius 2 is 2.10 bits per heavy atom. The number of benzene rings is 1. The second kappa shape index (κ2) is 6.56. The number of carbonyl (C=O) groups excluding carboxylic acids is 1. The average molecular weight is 295 g/mol. The van der Waals surface area contributed by atoms with Gasteiger partial charge >= 0.3 is 6.09 Å². The van der Waals surface area contributed by atoms with Crippen LogP contribution in [0.2, 0.25) is 0 Å². The number of hydrogen-bond donors (Lipinski definition) is 3. The van der Waals surface area contributed by atoms with E-state index in [0.717, 1.165) is 0 Å². The van der Waals surface area contributed by atoms with E-state index in [9.17, 15) is 9.18 Å². The number of primary amides is 1. The first-order valence-corrected chi connectivity index (χ1v) is 6.72. The molecular weight excluding hydrogens is 273 g/mol. The van der Waals surface area contributed by atoms with Crippen LogP contribution in [-0.2, 0) is 4.74 Å². The highest BCUT2D eigenvalue weighted by molar-refractivity contribution is 5.98. The largest absolute Gasteiger partial charge is 0.444 e. The molecule has 1 aromatic rings. The van der Waals surface area contributed by atoms with E-state index in [4.69, 9.17) is 21.6 Å². The Morgan fingerprint density at radius 3 is 2.62 bits per heavy atom. The lowest BCUT2D eigenvalue weighted by atomic mass is 9.89. The molecule has 0 saturated heterocycles. The fourth-order valence-electron chi connectivity index (χ4n) is 2.46. The Balaban J connectivity index is 2.68. The van der Waals surface area contributed by atoms with Crippen molar-refractivity contribution in [3.05, 3.63) is 29.6 Å². The summed E-state index contributed by atoms with van der Waals surface area (Å²) in [5.74, 6) is -0.469. The van der Waals surface area contributed by atoms with Crippen molar-refractivity contribution in [3.63, 3.8) is 0 Å². The van der Waals surface area contributed by atoms with Gasteiger partial charge in [0.25, 0.3) is 0 Å². The predicted octanol–water partition coefficient (Wildman–Crippen LogP) is 3.07. The van der Waals surface area contributed by atoms with Crippen LogP contribution in [0.25, 0.3) is 0 Å². The summed E-state index contributed by atoms with van der Waals surface area (Å²) < 4.78 is 18.8. The van der Waals surface area contributed by atoms with Crippen LogP contribution >= 0.6 is 0 Å². The molecule has 0 fully saturated rings. The quantitative estimate of drug-likeness (QED) is 0.555. The summed E-state index contributed by atoms with van der Waals surface area (Å²) in [6, 6.07) is 4.28. The Bertz CT molecular complexity index is 544. The maximum Gasteiger partial charge on any atom is 0.405 e. The number of carbonyl (C=O) groups is 1. The zero-order valence-electron chi connectivity index (χ0n) is 12.6. The van der Waals surface area contributed by atoms with Crippen LogP contribution in [0.5, 0.6) is 0 Å². The van der Waals surface area contributed by atoms with Crippen molar-refractivity contribution in [1.29, 1.82) is 5.41 Å². The number of nitrogens with one attached hydrogen (secondary N) is 1. The van der Waals surface area contributed by atoms with Crippen LogP contribution in [0, 0.1) is 17.1 Å². The molecule has 0 saturated carbocycles. The first kappa shape index (κ1) is 16.9. The van der Waals surface area contributed by atoms with Gasteiger partial charge in [0.15, 0.2) is 0 Å². The monoisotopic (exact) mass is 295 g/mol. The second-order valence-corrected chi connectivity index (χ2v) is 5.91. The highest BCUT2D eigenvalue weighted by Gasteiger charge is 2.25. The average Bonchev–Trinajstić information content (AvgIpc) is 2.24. The third-order valence-corrected chi connectivity index (χ3v) is 3.09. The van der Waals surface area contributed by atoms with Gasteiger partial charge in [-0.3, -0.25) is 0 Å². The number of hydrogen-bond acceptors (Lipinski definition) is 4. The zero-order chi connectivity index (χ0) is 16.2. The molecule has 0 unspecified atom stereocenters. The van der Waals surface area contributed by atoms with Crippen LogP contribution in [0.4, 0.5) is 14.9 Å². The van der Waals surface area contributed by atoms with E-state index in [2.05, 4.69) is 0 Å². The van der Waals surface area contributed by atoms with Crippen molar-refractivity contribution in [2.75, 3.05) is 5.73 Å². The van der Waals surface area contributed by atoms with Crippen molar-refractivity contribution in [2.45, 2.75) is 39.2 Å². The predicted molar refractivity (Wildman–Crippen MR) is 80.8 cm³/mol. The lowest BCUT2D eigenvalue weighted by Gasteiger charge is -2.27. The normalized spacial score (nSPS) is 12.8. The molecule has 21 heavy (non-hydrogen) atoms. The third-order valence-electron chi connectivity index (χ3n) is 3.09. The number of nitrogens with two attached hydrogens (primary N) is 2. The van der Waals surface area contributed by atoms with Crippen LogP contribution in [0.1, 0.15) is 39.2 Å². The number of ether oxygens (including phenoxy) is 1. The number of halogens is 1. The van der Waals surface area contributed by atoms with Crippen molar-refractivity contribution >= 4 is 17.5 Å². The van der Waals surface area contributed by atoms with E-state index in [1.54, 1.807) is 19.9 Å². The number of amides is 1. The Kier molecular flexibility index (Phi) is 5.29. The lowest BCUT2D eigenvalue weighted by molar-refractivity contribution is 0.0290. The molecule has 1 amide bonds. The third kappa shape index (κ3) is 5.41. The summed E-state index contributed by atoms with van der Waals surface area (Å²) in [7, 11) is 0. The fraction of sp³-hybridized carbons (Fsp3) is 0.467. The molecule has 5 nitrogen and oxygen atoms in total. The summed E-state index contributed by atoms with van der Waals surface area (Å²) in [5.41, 5.74) is 10.5. The molecule has 0 aliphatic rings. The molecule has 0 aromatic heterocycles. The molecule has 1 atom stereocenters. The standard InChI is InChI=1S/C15H22FN3O2/c1-9(8-15(2,3)21-14(19)20)6-13(18)11-5-4-10(17)7-12(11)16/h4-5,7,9,18H,6,8,17H2,1-3H3,(H2,19,20)/t9-/m1/s1. The minimum Gasteiger partial charge on any atom is -0.444 e. The molecule has 5 N–H and O–H groups in total. The van der Waals surface area contributed by atoms with E-state index in [1.165, 1.54) is 12.1 Å². The molecule has 1 aromatic carbocycles. The van der Waals surface area contributed by atoms with Crippen molar-refractivity contribution in [3.8, 4) is 0 Å². The van der Waals surface area contributed by atoms with E-state index in [-0.39, 0.29) is 17.2 Å². The number of nitrogen functional groups attached to an aromatic ring is 1. The van der Waals surface area contributed by atoms with E-state index in [1.807, 2.05) is 6.92 Å². The molecule has 0 spiro atoms. The maximum absolute atomic E-state index is 13.8. The summed E-state index contributed by atoms with van der Waals surface area (Å²) in [6.07, 6.45) is 0.0632. The first-order valence-electron chi connectivity index (χ1n) is 6.72. The van der Waals surface area contributed by atoms with Gasteiger partial charge in [0, 0.05) is 17.0 Å². The molecule has 116 valence electrons. The number of rotatable bonds is 6. The molecule has 1 rings (SSSR count). The minimum absolute atomic E-state index is 0.0313. The smallest absolute Gasteiger partial charge is 0.405 e. The van der Waals surface area contributed by atoms with Gasteiger partial charge in [-0.2, -0.15) is 0 Å². The Morgan fingerprint density at radius 1 is 1.48 bits per heavy atom. The van der Waals surface area contributed by atoms with Crippen LogP contribution in [-0.4, -0.2) is 17.4 Å². The number of anilines is 1. The van der Waals surface area contributed by atoms with E-state index in [0.29, 0.717) is 18.5 Å². The Hall–Kier alpha value is -2.11. The zero-order valence-corrected chi connectivity index (χ0v) is 12.6. The molecular formula is C15H22FN3O2. The molecule has 0 heterocycles. The lowest BCUT2D eigenvalue weighted by Crippen LogP contribution is -2.33. The van der Waals surface area contributed by atoms with Gasteiger partial charge in [0.05, 0.1) is 0 Å². The molecule has 0 bridgehead atoms. The van der Waals surface area contributed by atoms with E-state index >= 15 is 0 Å². The van der Waals surface area contributed by atoms with Gasteiger partial charge in [-0.25, -0.2) is 9.18 Å².